The Morgan fingerprint density at radius 3 is 2.79 bits per heavy atom. The van der Waals surface area contributed by atoms with E-state index in [0.717, 1.165) is 22.0 Å². The molecule has 1 amide bonds. The van der Waals surface area contributed by atoms with Crippen molar-refractivity contribution in [3.05, 3.63) is 33.8 Å². The molecular weight excluding hydrogens is 302 g/mol. The number of hydrogen-bond acceptors (Lipinski definition) is 1. The van der Waals surface area contributed by atoms with Gasteiger partial charge in [0, 0.05) is 16.1 Å². The van der Waals surface area contributed by atoms with Crippen LogP contribution in [0.2, 0.25) is 0 Å². The molecule has 3 heteroatoms. The van der Waals surface area contributed by atoms with E-state index in [-0.39, 0.29) is 5.91 Å². The molecule has 1 aromatic carbocycles. The molecule has 0 radical (unpaired) electrons. The van der Waals surface area contributed by atoms with Crippen molar-refractivity contribution in [2.24, 2.45) is 5.92 Å². The van der Waals surface area contributed by atoms with Crippen molar-refractivity contribution < 1.29 is 4.79 Å². The largest absolute Gasteiger partial charge is 0.349 e. The fourth-order valence-corrected chi connectivity index (χ4v) is 3.17. The molecule has 1 aliphatic rings. The van der Waals surface area contributed by atoms with E-state index in [1.165, 1.54) is 25.7 Å². The van der Waals surface area contributed by atoms with Gasteiger partial charge in [-0.1, -0.05) is 48.2 Å². The van der Waals surface area contributed by atoms with E-state index < -0.39 is 0 Å². The minimum atomic E-state index is 0.0672. The second kappa shape index (κ2) is 6.56. The number of benzene rings is 1. The lowest BCUT2D eigenvalue weighted by molar-refractivity contribution is 0.0921. The highest BCUT2D eigenvalue weighted by Crippen LogP contribution is 2.24. The lowest BCUT2D eigenvalue weighted by Crippen LogP contribution is -2.39. The summed E-state index contributed by atoms with van der Waals surface area (Å²) >= 11 is 3.48. The minimum Gasteiger partial charge on any atom is -0.349 e. The van der Waals surface area contributed by atoms with Crippen LogP contribution in [0.5, 0.6) is 0 Å². The fraction of sp³-hybridized carbons (Fsp3) is 0.562. The smallest absolute Gasteiger partial charge is 0.251 e. The maximum absolute atomic E-state index is 12.4. The van der Waals surface area contributed by atoms with Crippen LogP contribution in [0.4, 0.5) is 0 Å². The van der Waals surface area contributed by atoms with Crippen molar-refractivity contribution >= 4 is 21.8 Å². The van der Waals surface area contributed by atoms with E-state index >= 15 is 0 Å². The molecule has 19 heavy (non-hydrogen) atoms. The molecule has 1 fully saturated rings. The topological polar surface area (TPSA) is 29.1 Å². The third-order valence-electron chi connectivity index (χ3n) is 4.19. The van der Waals surface area contributed by atoms with Gasteiger partial charge in [0.05, 0.1) is 0 Å². The van der Waals surface area contributed by atoms with Gasteiger partial charge in [0.2, 0.25) is 0 Å². The molecule has 104 valence electrons. The van der Waals surface area contributed by atoms with Crippen molar-refractivity contribution in [3.8, 4) is 0 Å². The SMILES string of the molecule is Cc1c(Br)cccc1C(=O)NC1CCCCCC1C. The van der Waals surface area contributed by atoms with E-state index in [2.05, 4.69) is 28.2 Å². The summed E-state index contributed by atoms with van der Waals surface area (Å²) < 4.78 is 0.995. The first-order valence-corrected chi connectivity index (χ1v) is 7.95. The highest BCUT2D eigenvalue weighted by atomic mass is 79.9. The zero-order valence-corrected chi connectivity index (χ0v) is 13.3. The van der Waals surface area contributed by atoms with Crippen LogP contribution in [-0.4, -0.2) is 11.9 Å². The van der Waals surface area contributed by atoms with Gasteiger partial charge in [0.25, 0.3) is 5.91 Å². The number of halogens is 1. The van der Waals surface area contributed by atoms with Gasteiger partial charge in [-0.3, -0.25) is 4.79 Å². The van der Waals surface area contributed by atoms with Gasteiger partial charge in [-0.2, -0.15) is 0 Å². The molecule has 0 aromatic heterocycles. The van der Waals surface area contributed by atoms with Crippen molar-refractivity contribution in [2.45, 2.75) is 52.0 Å². The lowest BCUT2D eigenvalue weighted by atomic mass is 9.96. The van der Waals surface area contributed by atoms with Gasteiger partial charge in [-0.25, -0.2) is 0 Å². The molecule has 0 saturated heterocycles. The van der Waals surface area contributed by atoms with Crippen molar-refractivity contribution in [1.82, 2.24) is 5.32 Å². The van der Waals surface area contributed by atoms with Crippen LogP contribution in [0.15, 0.2) is 22.7 Å². The van der Waals surface area contributed by atoms with Gasteiger partial charge >= 0.3 is 0 Å². The highest BCUT2D eigenvalue weighted by Gasteiger charge is 2.22. The van der Waals surface area contributed by atoms with Crippen molar-refractivity contribution in [3.63, 3.8) is 0 Å². The maximum atomic E-state index is 12.4. The molecule has 0 heterocycles. The molecule has 1 aliphatic carbocycles. The monoisotopic (exact) mass is 323 g/mol. The zero-order valence-electron chi connectivity index (χ0n) is 11.7. The average molecular weight is 324 g/mol. The molecular formula is C16H22BrNO. The van der Waals surface area contributed by atoms with Gasteiger partial charge < -0.3 is 5.32 Å². The molecule has 0 bridgehead atoms. The minimum absolute atomic E-state index is 0.0672. The van der Waals surface area contributed by atoms with Crippen LogP contribution in [0.1, 0.15) is 54.9 Å². The van der Waals surface area contributed by atoms with Gasteiger partial charge in [0.1, 0.15) is 0 Å². The van der Waals surface area contributed by atoms with E-state index in [4.69, 9.17) is 0 Å². The second-order valence-corrected chi connectivity index (χ2v) is 6.46. The van der Waals surface area contributed by atoms with E-state index in [1.807, 2.05) is 25.1 Å². The van der Waals surface area contributed by atoms with Gasteiger partial charge in [-0.05, 0) is 43.4 Å². The van der Waals surface area contributed by atoms with E-state index in [9.17, 15) is 4.79 Å². The van der Waals surface area contributed by atoms with Gasteiger partial charge in [-0.15, -0.1) is 0 Å². The molecule has 2 unspecified atom stereocenters. The number of nitrogens with one attached hydrogen (secondary N) is 1. The summed E-state index contributed by atoms with van der Waals surface area (Å²) in [5.41, 5.74) is 1.80. The van der Waals surface area contributed by atoms with Gasteiger partial charge in [0.15, 0.2) is 0 Å². The number of amides is 1. The highest BCUT2D eigenvalue weighted by molar-refractivity contribution is 9.10. The first-order valence-electron chi connectivity index (χ1n) is 7.15. The Kier molecular flexibility index (Phi) is 5.03. The summed E-state index contributed by atoms with van der Waals surface area (Å²) in [4.78, 5) is 12.4. The predicted octanol–water partition coefficient (Wildman–Crippen LogP) is 4.46. The summed E-state index contributed by atoms with van der Waals surface area (Å²) in [6.07, 6.45) is 6.16. The number of carbonyl (C=O) groups is 1. The maximum Gasteiger partial charge on any atom is 0.251 e. The van der Waals surface area contributed by atoms with Crippen molar-refractivity contribution in [2.75, 3.05) is 0 Å². The zero-order chi connectivity index (χ0) is 13.8. The molecule has 2 rings (SSSR count). The first kappa shape index (κ1) is 14.6. The molecule has 1 N–H and O–H groups in total. The predicted molar refractivity (Wildman–Crippen MR) is 82.4 cm³/mol. The second-order valence-electron chi connectivity index (χ2n) is 5.61. The number of carbonyl (C=O) groups excluding carboxylic acids is 1. The van der Waals surface area contributed by atoms with Crippen LogP contribution < -0.4 is 5.32 Å². The standard InChI is InChI=1S/C16H22BrNO/c1-11-7-4-3-5-10-15(11)18-16(19)13-8-6-9-14(17)12(13)2/h6,8-9,11,15H,3-5,7,10H2,1-2H3,(H,18,19). The van der Waals surface area contributed by atoms with Crippen LogP contribution in [0, 0.1) is 12.8 Å². The summed E-state index contributed by atoms with van der Waals surface area (Å²) in [6, 6.07) is 6.12. The molecule has 2 nitrogen and oxygen atoms in total. The average Bonchev–Trinajstić information content (AvgIpc) is 2.58. The van der Waals surface area contributed by atoms with Crippen LogP contribution in [-0.2, 0) is 0 Å². The molecule has 0 spiro atoms. The summed E-state index contributed by atoms with van der Waals surface area (Å²) in [6.45, 7) is 4.24. The summed E-state index contributed by atoms with van der Waals surface area (Å²) in [7, 11) is 0. The molecule has 1 aromatic rings. The Balaban J connectivity index is 2.09. The van der Waals surface area contributed by atoms with Crippen LogP contribution in [0.25, 0.3) is 0 Å². The molecule has 2 atom stereocenters. The summed E-state index contributed by atoms with van der Waals surface area (Å²) in [5, 5.41) is 3.23. The Bertz CT molecular complexity index is 458. The lowest BCUT2D eigenvalue weighted by Gasteiger charge is -2.23. The number of hydrogen-bond donors (Lipinski definition) is 1. The molecule has 0 aliphatic heterocycles. The van der Waals surface area contributed by atoms with E-state index in [1.54, 1.807) is 0 Å². The summed E-state index contributed by atoms with van der Waals surface area (Å²) in [5.74, 6) is 0.649. The van der Waals surface area contributed by atoms with Crippen molar-refractivity contribution in [1.29, 1.82) is 0 Å². The Hall–Kier alpha value is -0.830. The number of rotatable bonds is 2. The molecule has 1 saturated carbocycles. The Labute approximate surface area is 124 Å². The Morgan fingerprint density at radius 2 is 2.00 bits per heavy atom. The quantitative estimate of drug-likeness (QED) is 0.800. The van der Waals surface area contributed by atoms with Crippen LogP contribution >= 0.6 is 15.9 Å². The Morgan fingerprint density at radius 1 is 1.26 bits per heavy atom. The normalized spacial score (nSPS) is 23.7. The fourth-order valence-electron chi connectivity index (χ4n) is 2.81. The third-order valence-corrected chi connectivity index (χ3v) is 5.05. The first-order chi connectivity index (χ1) is 9.09. The third kappa shape index (κ3) is 3.59. The van der Waals surface area contributed by atoms with Crippen LogP contribution in [0.3, 0.4) is 0 Å². The van der Waals surface area contributed by atoms with E-state index in [0.29, 0.717) is 12.0 Å².